The zero-order valence-electron chi connectivity index (χ0n) is 25.3. The molecule has 0 amide bonds. The lowest BCUT2D eigenvalue weighted by molar-refractivity contribution is -0.139. The number of benzene rings is 3. The number of carbonyl (C=O) groups excluding carboxylic acids is 2. The van der Waals surface area contributed by atoms with Crippen molar-refractivity contribution in [1.29, 1.82) is 0 Å². The van der Waals surface area contributed by atoms with Gasteiger partial charge in [-0.2, -0.15) is 0 Å². The molecular weight excluding hydrogens is 542 g/mol. The average molecular weight is 582 g/mol. The number of carbonyl (C=O) groups is 2. The molecule has 0 bridgehead atoms. The maximum Gasteiger partial charge on any atom is 0.336 e. The number of esters is 1. The number of methoxy groups -OCH3 is 2. The molecule has 0 fully saturated rings. The number of rotatable bonds is 11. The largest absolute Gasteiger partial charge is 0.493 e. The van der Waals surface area contributed by atoms with Gasteiger partial charge < -0.3 is 24.3 Å². The molecule has 3 aromatic carbocycles. The summed E-state index contributed by atoms with van der Waals surface area (Å²) >= 11 is 0. The molecule has 7 nitrogen and oxygen atoms in total. The van der Waals surface area contributed by atoms with Crippen LogP contribution in [0.5, 0.6) is 17.2 Å². The molecule has 224 valence electrons. The van der Waals surface area contributed by atoms with Crippen molar-refractivity contribution in [3.05, 3.63) is 112 Å². The lowest BCUT2D eigenvalue weighted by Crippen LogP contribution is -2.36. The van der Waals surface area contributed by atoms with Gasteiger partial charge in [0.25, 0.3) is 0 Å². The first-order valence-electron chi connectivity index (χ1n) is 14.8. The van der Waals surface area contributed by atoms with Gasteiger partial charge in [-0.05, 0) is 55.0 Å². The fraction of sp³-hybridized carbons (Fsp3) is 0.333. The Morgan fingerprint density at radius 2 is 1.65 bits per heavy atom. The van der Waals surface area contributed by atoms with Gasteiger partial charge >= 0.3 is 5.97 Å². The van der Waals surface area contributed by atoms with Gasteiger partial charge in [0.2, 0.25) is 0 Å². The molecule has 2 atom stereocenters. The molecule has 1 aliphatic carbocycles. The highest BCUT2D eigenvalue weighted by Crippen LogP contribution is 2.48. The van der Waals surface area contributed by atoms with E-state index in [4.69, 9.17) is 18.9 Å². The Labute approximate surface area is 253 Å². The van der Waals surface area contributed by atoms with E-state index in [1.807, 2.05) is 79.7 Å². The predicted molar refractivity (Wildman–Crippen MR) is 165 cm³/mol. The third-order valence-electron chi connectivity index (χ3n) is 8.12. The number of ether oxygens (including phenoxy) is 4. The summed E-state index contributed by atoms with van der Waals surface area (Å²) in [5, 5.41) is 3.44. The van der Waals surface area contributed by atoms with E-state index in [0.717, 1.165) is 35.2 Å². The van der Waals surface area contributed by atoms with E-state index in [0.29, 0.717) is 60.1 Å². The smallest absolute Gasteiger partial charge is 0.336 e. The van der Waals surface area contributed by atoms with Crippen molar-refractivity contribution in [3.63, 3.8) is 0 Å². The van der Waals surface area contributed by atoms with Crippen molar-refractivity contribution < 1.29 is 28.5 Å². The summed E-state index contributed by atoms with van der Waals surface area (Å²) in [7, 11) is 3.21. The van der Waals surface area contributed by atoms with Gasteiger partial charge in [0, 0.05) is 29.0 Å². The first kappa shape index (κ1) is 30.0. The average Bonchev–Trinajstić information content (AvgIpc) is 3.03. The highest BCUT2D eigenvalue weighted by molar-refractivity contribution is 6.04. The number of ketones is 1. The van der Waals surface area contributed by atoms with E-state index in [2.05, 4.69) is 12.2 Å². The van der Waals surface area contributed by atoms with Crippen molar-refractivity contribution in [1.82, 2.24) is 5.32 Å². The van der Waals surface area contributed by atoms with Crippen molar-refractivity contribution >= 4 is 11.8 Å². The van der Waals surface area contributed by atoms with E-state index >= 15 is 0 Å². The zero-order valence-corrected chi connectivity index (χ0v) is 25.3. The molecule has 0 saturated heterocycles. The molecule has 1 heterocycles. The molecule has 0 saturated carbocycles. The van der Waals surface area contributed by atoms with Gasteiger partial charge in [0.05, 0.1) is 32.3 Å². The van der Waals surface area contributed by atoms with Crippen molar-refractivity contribution in [2.75, 3.05) is 20.8 Å². The minimum atomic E-state index is -0.615. The van der Waals surface area contributed by atoms with Gasteiger partial charge in [-0.3, -0.25) is 4.79 Å². The molecule has 3 aromatic rings. The highest BCUT2D eigenvalue weighted by atomic mass is 16.5. The summed E-state index contributed by atoms with van der Waals surface area (Å²) in [5.41, 5.74) is 5.34. The SMILES string of the molecule is CCCCOC(=O)C1=C(C)NC2=C(C(=O)C[C@@H](c3ccc(OC)c(OC)c3)C2)[C@@H]1c1ccccc1OCc1ccccc1. The minimum Gasteiger partial charge on any atom is -0.493 e. The predicted octanol–water partition coefficient (Wildman–Crippen LogP) is 6.99. The Kier molecular flexibility index (Phi) is 9.50. The number of dihydropyridines is 1. The van der Waals surface area contributed by atoms with Crippen LogP contribution in [0.4, 0.5) is 0 Å². The molecular formula is C36H39NO6. The normalized spacial score (nSPS) is 18.1. The van der Waals surface area contributed by atoms with Crippen LogP contribution in [0.2, 0.25) is 0 Å². The summed E-state index contributed by atoms with van der Waals surface area (Å²) in [6.07, 6.45) is 2.59. The van der Waals surface area contributed by atoms with Crippen LogP contribution in [0, 0.1) is 0 Å². The van der Waals surface area contributed by atoms with Crippen LogP contribution in [-0.4, -0.2) is 32.6 Å². The lowest BCUT2D eigenvalue weighted by Gasteiger charge is -2.37. The van der Waals surface area contributed by atoms with Crippen LogP contribution in [0.25, 0.3) is 0 Å². The molecule has 0 radical (unpaired) electrons. The molecule has 0 spiro atoms. The van der Waals surface area contributed by atoms with Crippen LogP contribution in [0.1, 0.15) is 68.1 Å². The fourth-order valence-electron chi connectivity index (χ4n) is 5.94. The second kappa shape index (κ2) is 13.6. The molecule has 43 heavy (non-hydrogen) atoms. The van der Waals surface area contributed by atoms with Gasteiger partial charge in [-0.1, -0.05) is 67.9 Å². The fourth-order valence-corrected chi connectivity index (χ4v) is 5.94. The Hall–Kier alpha value is -4.52. The third-order valence-corrected chi connectivity index (χ3v) is 8.12. The van der Waals surface area contributed by atoms with Crippen molar-refractivity contribution in [2.45, 2.75) is 58.0 Å². The molecule has 0 unspecified atom stereocenters. The molecule has 7 heteroatoms. The maximum atomic E-state index is 14.1. The summed E-state index contributed by atoms with van der Waals surface area (Å²) in [6.45, 7) is 4.62. The topological polar surface area (TPSA) is 83.1 Å². The van der Waals surface area contributed by atoms with E-state index in [1.54, 1.807) is 14.2 Å². The lowest BCUT2D eigenvalue weighted by atomic mass is 9.71. The first-order valence-corrected chi connectivity index (χ1v) is 14.8. The quantitative estimate of drug-likeness (QED) is 0.193. The second-order valence-corrected chi connectivity index (χ2v) is 10.9. The Morgan fingerprint density at radius 1 is 0.907 bits per heavy atom. The maximum absolute atomic E-state index is 14.1. The molecule has 1 aliphatic heterocycles. The Morgan fingerprint density at radius 3 is 2.40 bits per heavy atom. The van der Waals surface area contributed by atoms with Gasteiger partial charge in [-0.25, -0.2) is 4.79 Å². The minimum absolute atomic E-state index is 0.0113. The van der Waals surface area contributed by atoms with E-state index in [9.17, 15) is 9.59 Å². The number of Topliss-reactive ketones (excluding diaryl/α,β-unsaturated/α-hetero) is 1. The van der Waals surface area contributed by atoms with Crippen molar-refractivity contribution in [3.8, 4) is 17.2 Å². The summed E-state index contributed by atoms with van der Waals surface area (Å²) in [6, 6.07) is 23.4. The van der Waals surface area contributed by atoms with Crippen molar-refractivity contribution in [2.24, 2.45) is 0 Å². The molecule has 0 aromatic heterocycles. The number of nitrogens with one attached hydrogen (secondary N) is 1. The van der Waals surface area contributed by atoms with Gasteiger partial charge in [0.1, 0.15) is 12.4 Å². The van der Waals surface area contributed by atoms with Crippen LogP contribution >= 0.6 is 0 Å². The van der Waals surface area contributed by atoms with Crippen LogP contribution in [-0.2, 0) is 20.9 Å². The number of hydrogen-bond acceptors (Lipinski definition) is 7. The number of allylic oxidation sites excluding steroid dienone is 3. The molecule has 5 rings (SSSR count). The van der Waals surface area contributed by atoms with Crippen LogP contribution in [0.15, 0.2) is 95.3 Å². The monoisotopic (exact) mass is 581 g/mol. The highest BCUT2D eigenvalue weighted by Gasteiger charge is 2.42. The Balaban J connectivity index is 1.55. The zero-order chi connectivity index (χ0) is 30.3. The first-order chi connectivity index (χ1) is 20.9. The standard InChI is InChI=1S/C36H39NO6/c1-5-6-18-42-36(39)33-23(2)37-28-19-26(25-16-17-31(40-3)32(21-25)41-4)20-29(38)35(28)34(33)27-14-10-11-15-30(27)43-22-24-12-8-7-9-13-24/h7-17,21,26,34,37H,5-6,18-20,22H2,1-4H3/t26-,34+/m0/s1. The Bertz CT molecular complexity index is 1540. The van der Waals surface area contributed by atoms with Gasteiger partial charge in [-0.15, -0.1) is 0 Å². The number of para-hydroxylation sites is 1. The van der Waals surface area contributed by atoms with Crippen LogP contribution in [0.3, 0.4) is 0 Å². The summed E-state index contributed by atoms with van der Waals surface area (Å²) < 4.78 is 23.0. The van der Waals surface area contributed by atoms with E-state index in [1.165, 1.54) is 0 Å². The second-order valence-electron chi connectivity index (χ2n) is 10.9. The third kappa shape index (κ3) is 6.46. The van der Waals surface area contributed by atoms with Crippen LogP contribution < -0.4 is 19.5 Å². The number of unbranched alkanes of at least 4 members (excludes halogenated alkanes) is 1. The number of hydrogen-bond donors (Lipinski definition) is 1. The van der Waals surface area contributed by atoms with E-state index < -0.39 is 11.9 Å². The molecule has 1 N–H and O–H groups in total. The van der Waals surface area contributed by atoms with E-state index in [-0.39, 0.29) is 11.7 Å². The summed E-state index contributed by atoms with van der Waals surface area (Å²) in [4.78, 5) is 27.8. The summed E-state index contributed by atoms with van der Waals surface area (Å²) in [5.74, 6) is 0.795. The molecule has 2 aliphatic rings. The van der Waals surface area contributed by atoms with Gasteiger partial charge in [0.15, 0.2) is 17.3 Å².